The van der Waals surface area contributed by atoms with Crippen molar-refractivity contribution in [1.29, 1.82) is 5.26 Å². The number of benzene rings is 1. The van der Waals surface area contributed by atoms with Crippen molar-refractivity contribution in [2.24, 2.45) is 0 Å². The van der Waals surface area contributed by atoms with Gasteiger partial charge in [0.1, 0.15) is 0 Å². The van der Waals surface area contributed by atoms with Crippen LogP contribution in [0.15, 0.2) is 30.3 Å². The molecule has 1 N–H and O–H groups in total. The number of sulfone groups is 1. The Morgan fingerprint density at radius 3 is 2.81 bits per heavy atom. The minimum Gasteiger partial charge on any atom is -0.349 e. The average Bonchev–Trinajstić information content (AvgIpc) is 2.44. The number of nitriles is 1. The summed E-state index contributed by atoms with van der Waals surface area (Å²) in [6.45, 7) is 3.22. The zero-order chi connectivity index (χ0) is 15.9. The summed E-state index contributed by atoms with van der Waals surface area (Å²) >= 11 is 0. The van der Waals surface area contributed by atoms with Crippen molar-refractivity contribution < 1.29 is 13.2 Å². The Bertz CT molecular complexity index is 672. The van der Waals surface area contributed by atoms with Crippen molar-refractivity contribution in [3.8, 4) is 6.07 Å². The third-order valence-electron chi connectivity index (χ3n) is 2.78. The largest absolute Gasteiger partial charge is 0.349 e. The van der Waals surface area contributed by atoms with Crippen LogP contribution in [0.4, 0.5) is 0 Å². The summed E-state index contributed by atoms with van der Waals surface area (Å²) in [6, 6.07) is 8.41. The molecule has 1 amide bonds. The Morgan fingerprint density at radius 1 is 1.48 bits per heavy atom. The quantitative estimate of drug-likeness (QED) is 0.807. The number of nitrogens with one attached hydrogen (secondary N) is 1. The molecule has 6 heteroatoms. The highest BCUT2D eigenvalue weighted by atomic mass is 32.2. The van der Waals surface area contributed by atoms with Crippen LogP contribution in [0.2, 0.25) is 0 Å². The van der Waals surface area contributed by atoms with E-state index in [0.29, 0.717) is 5.56 Å². The zero-order valence-corrected chi connectivity index (χ0v) is 12.9. The molecular formula is C15H18N2O3S. The van der Waals surface area contributed by atoms with Gasteiger partial charge in [0, 0.05) is 17.9 Å². The fourth-order valence-electron chi connectivity index (χ4n) is 1.72. The Balaban J connectivity index is 2.61. The van der Waals surface area contributed by atoms with Gasteiger partial charge in [0.05, 0.1) is 17.4 Å². The van der Waals surface area contributed by atoms with Crippen LogP contribution in [0.1, 0.15) is 25.0 Å². The SMILES string of the molecule is CCS(=O)(=O)CC(C)NC(=O)C=Cc1cccc(C#N)c1. The lowest BCUT2D eigenvalue weighted by atomic mass is 10.1. The van der Waals surface area contributed by atoms with E-state index < -0.39 is 15.9 Å². The highest BCUT2D eigenvalue weighted by molar-refractivity contribution is 7.91. The summed E-state index contributed by atoms with van der Waals surface area (Å²) in [5.41, 5.74) is 1.25. The van der Waals surface area contributed by atoms with E-state index in [1.807, 2.05) is 6.07 Å². The van der Waals surface area contributed by atoms with Crippen LogP contribution >= 0.6 is 0 Å². The van der Waals surface area contributed by atoms with E-state index in [1.165, 1.54) is 6.08 Å². The fourth-order valence-corrected chi connectivity index (χ4v) is 2.80. The second kappa shape index (κ2) is 7.60. The van der Waals surface area contributed by atoms with E-state index in [0.717, 1.165) is 5.56 Å². The molecule has 1 aromatic rings. The Hall–Kier alpha value is -2.13. The average molecular weight is 306 g/mol. The molecular weight excluding hydrogens is 288 g/mol. The third-order valence-corrected chi connectivity index (χ3v) is 4.66. The first kappa shape index (κ1) is 16.9. The molecule has 21 heavy (non-hydrogen) atoms. The molecule has 0 aliphatic rings. The lowest BCUT2D eigenvalue weighted by Gasteiger charge is -2.11. The minimum absolute atomic E-state index is 0.0595. The van der Waals surface area contributed by atoms with Crippen molar-refractivity contribution in [3.63, 3.8) is 0 Å². The predicted octanol–water partition coefficient (Wildman–Crippen LogP) is 1.51. The van der Waals surface area contributed by atoms with Crippen LogP contribution in [0.5, 0.6) is 0 Å². The van der Waals surface area contributed by atoms with Crippen LogP contribution in [0, 0.1) is 11.3 Å². The first-order chi connectivity index (χ1) is 9.86. The molecule has 0 bridgehead atoms. The van der Waals surface area contributed by atoms with Gasteiger partial charge in [0.25, 0.3) is 0 Å². The van der Waals surface area contributed by atoms with Gasteiger partial charge in [0.15, 0.2) is 9.84 Å². The summed E-state index contributed by atoms with van der Waals surface area (Å²) in [7, 11) is -3.12. The van der Waals surface area contributed by atoms with Crippen molar-refractivity contribution in [1.82, 2.24) is 5.32 Å². The molecule has 0 spiro atoms. The first-order valence-corrected chi connectivity index (χ1v) is 8.37. The van der Waals surface area contributed by atoms with E-state index >= 15 is 0 Å². The van der Waals surface area contributed by atoms with Crippen molar-refractivity contribution in [2.75, 3.05) is 11.5 Å². The predicted molar refractivity (Wildman–Crippen MR) is 82.1 cm³/mol. The van der Waals surface area contributed by atoms with E-state index in [2.05, 4.69) is 5.32 Å². The summed E-state index contributed by atoms with van der Waals surface area (Å²) in [4.78, 5) is 11.7. The maximum Gasteiger partial charge on any atom is 0.244 e. The molecule has 1 unspecified atom stereocenters. The van der Waals surface area contributed by atoms with Gasteiger partial charge in [-0.3, -0.25) is 4.79 Å². The van der Waals surface area contributed by atoms with Crippen LogP contribution in [-0.4, -0.2) is 31.9 Å². The standard InChI is InChI=1S/C15H18N2O3S/c1-3-21(19,20)11-12(2)17-15(18)8-7-13-5-4-6-14(9-13)10-16/h4-9,12H,3,11H2,1-2H3,(H,17,18). The molecule has 0 saturated carbocycles. The Labute approximate surface area is 125 Å². The van der Waals surface area contributed by atoms with Gasteiger partial charge in [-0.25, -0.2) is 8.42 Å². The van der Waals surface area contributed by atoms with Gasteiger partial charge in [0.2, 0.25) is 5.91 Å². The molecule has 0 heterocycles. The zero-order valence-electron chi connectivity index (χ0n) is 12.0. The highest BCUT2D eigenvalue weighted by Crippen LogP contribution is 2.06. The first-order valence-electron chi connectivity index (χ1n) is 6.55. The van der Waals surface area contributed by atoms with Crippen molar-refractivity contribution >= 4 is 21.8 Å². The van der Waals surface area contributed by atoms with E-state index in [-0.39, 0.29) is 17.4 Å². The summed E-state index contributed by atoms with van der Waals surface area (Å²) in [5, 5.41) is 11.4. The topological polar surface area (TPSA) is 87.0 Å². The summed E-state index contributed by atoms with van der Waals surface area (Å²) in [6.07, 6.45) is 2.91. The maximum atomic E-state index is 11.7. The molecule has 1 rings (SSSR count). The van der Waals surface area contributed by atoms with Crippen LogP contribution in [0.3, 0.4) is 0 Å². The Morgan fingerprint density at radius 2 is 2.19 bits per heavy atom. The minimum atomic E-state index is -3.12. The summed E-state index contributed by atoms with van der Waals surface area (Å²) in [5.74, 6) is -0.382. The number of carbonyl (C=O) groups is 1. The number of rotatable bonds is 6. The molecule has 0 radical (unpaired) electrons. The smallest absolute Gasteiger partial charge is 0.244 e. The molecule has 0 aliphatic heterocycles. The van der Waals surface area contributed by atoms with Crippen LogP contribution < -0.4 is 5.32 Å². The highest BCUT2D eigenvalue weighted by Gasteiger charge is 2.14. The Kier molecular flexibility index (Phi) is 6.12. The van der Waals surface area contributed by atoms with Gasteiger partial charge in [-0.05, 0) is 30.7 Å². The molecule has 1 atom stereocenters. The van der Waals surface area contributed by atoms with Gasteiger partial charge < -0.3 is 5.32 Å². The lowest BCUT2D eigenvalue weighted by Crippen LogP contribution is -2.37. The normalized spacial score (nSPS) is 12.8. The van der Waals surface area contributed by atoms with E-state index in [1.54, 1.807) is 44.2 Å². The number of carbonyl (C=O) groups excluding carboxylic acids is 1. The molecule has 112 valence electrons. The molecule has 0 fully saturated rings. The molecule has 0 saturated heterocycles. The fraction of sp³-hybridized carbons (Fsp3) is 0.333. The van der Waals surface area contributed by atoms with Crippen molar-refractivity contribution in [3.05, 3.63) is 41.5 Å². The number of hydrogen-bond acceptors (Lipinski definition) is 4. The number of hydrogen-bond donors (Lipinski definition) is 1. The lowest BCUT2D eigenvalue weighted by molar-refractivity contribution is -0.116. The number of nitrogens with zero attached hydrogens (tertiary/aromatic N) is 1. The second-order valence-corrected chi connectivity index (χ2v) is 7.08. The number of amides is 1. The monoisotopic (exact) mass is 306 g/mol. The third kappa shape index (κ3) is 6.23. The van der Waals surface area contributed by atoms with Gasteiger partial charge >= 0.3 is 0 Å². The second-order valence-electron chi connectivity index (χ2n) is 4.68. The molecule has 0 aromatic heterocycles. The molecule has 5 nitrogen and oxygen atoms in total. The maximum absolute atomic E-state index is 11.7. The molecule has 1 aromatic carbocycles. The van der Waals surface area contributed by atoms with Gasteiger partial charge in [-0.1, -0.05) is 19.1 Å². The van der Waals surface area contributed by atoms with Crippen LogP contribution in [0.25, 0.3) is 6.08 Å². The van der Waals surface area contributed by atoms with Crippen LogP contribution in [-0.2, 0) is 14.6 Å². The van der Waals surface area contributed by atoms with Gasteiger partial charge in [-0.15, -0.1) is 0 Å². The van der Waals surface area contributed by atoms with E-state index in [9.17, 15) is 13.2 Å². The van der Waals surface area contributed by atoms with Crippen molar-refractivity contribution in [2.45, 2.75) is 19.9 Å². The van der Waals surface area contributed by atoms with E-state index in [4.69, 9.17) is 5.26 Å². The summed E-state index contributed by atoms with van der Waals surface area (Å²) < 4.78 is 22.9. The van der Waals surface area contributed by atoms with Gasteiger partial charge in [-0.2, -0.15) is 5.26 Å². The molecule has 0 aliphatic carbocycles.